The SMILES string of the molecule is CCN=C(C)C1=C(C)N(C(=O)c2cccc(Nc3s[nH]c(=O)c3C(N)=NC(C)CO)n2)C(Cl)C1. The fourth-order valence-electron chi connectivity index (χ4n) is 3.61. The number of amides is 1. The first kappa shape index (κ1) is 25.6. The van der Waals surface area contributed by atoms with Gasteiger partial charge in [-0.1, -0.05) is 17.7 Å². The molecule has 0 aromatic carbocycles. The molecule has 0 aliphatic carbocycles. The second-order valence-electron chi connectivity index (χ2n) is 7.75. The Morgan fingerprint density at radius 3 is 2.91 bits per heavy atom. The van der Waals surface area contributed by atoms with Gasteiger partial charge in [-0.2, -0.15) is 0 Å². The monoisotopic (exact) mass is 505 g/mol. The average molecular weight is 506 g/mol. The number of rotatable bonds is 8. The molecule has 182 valence electrons. The van der Waals surface area contributed by atoms with Gasteiger partial charge in [0.25, 0.3) is 11.5 Å². The fraction of sp³-hybridized carbons (Fsp3) is 0.409. The van der Waals surface area contributed by atoms with Crippen molar-refractivity contribution in [2.75, 3.05) is 18.5 Å². The van der Waals surface area contributed by atoms with Crippen molar-refractivity contribution in [1.29, 1.82) is 0 Å². The van der Waals surface area contributed by atoms with Gasteiger partial charge < -0.3 is 16.2 Å². The van der Waals surface area contributed by atoms with E-state index in [1.54, 1.807) is 25.1 Å². The van der Waals surface area contributed by atoms with Gasteiger partial charge in [-0.25, -0.2) is 4.98 Å². The molecular formula is C22H28ClN7O3S. The van der Waals surface area contributed by atoms with E-state index in [2.05, 4.69) is 24.7 Å². The highest BCUT2D eigenvalue weighted by Crippen LogP contribution is 2.33. The first-order chi connectivity index (χ1) is 16.2. The summed E-state index contributed by atoms with van der Waals surface area (Å²) in [5.41, 5.74) is 7.98. The maximum Gasteiger partial charge on any atom is 0.277 e. The van der Waals surface area contributed by atoms with Crippen LogP contribution in [0.15, 0.2) is 44.2 Å². The molecule has 1 amide bonds. The summed E-state index contributed by atoms with van der Waals surface area (Å²) in [6, 6.07) is 4.51. The number of nitrogens with one attached hydrogen (secondary N) is 2. The number of alkyl halides is 1. The van der Waals surface area contributed by atoms with Crippen molar-refractivity contribution in [3.8, 4) is 0 Å². The molecule has 0 saturated heterocycles. The second kappa shape index (κ2) is 10.9. The molecule has 12 heteroatoms. The maximum atomic E-state index is 13.3. The van der Waals surface area contributed by atoms with Gasteiger partial charge in [-0.15, -0.1) is 0 Å². The number of aliphatic imine (C=N–C) groups is 2. The van der Waals surface area contributed by atoms with Gasteiger partial charge in [-0.3, -0.25) is 28.8 Å². The molecule has 0 bridgehead atoms. The number of H-pyrrole nitrogens is 1. The Hall–Kier alpha value is -3.02. The molecule has 1 aliphatic heterocycles. The summed E-state index contributed by atoms with van der Waals surface area (Å²) in [5.74, 6) is 0.0141. The number of amidine groups is 1. The lowest BCUT2D eigenvalue weighted by molar-refractivity contribution is 0.0798. The summed E-state index contributed by atoms with van der Waals surface area (Å²) in [7, 11) is 0. The Labute approximate surface area is 206 Å². The van der Waals surface area contributed by atoms with E-state index in [1.807, 2.05) is 20.8 Å². The standard InChI is InChI=1S/C22H28ClN7O3S/c1-5-25-12(3)14-9-16(23)30(13(14)4)22(33)15-7-6-8-17(27-15)28-21-18(20(32)29-34-21)19(24)26-11(2)10-31/h6-8,11,16,31H,5,9-10H2,1-4H3,(H2,24,26)(H,27,28)(H,29,32). The van der Waals surface area contributed by atoms with Gasteiger partial charge in [0.05, 0.1) is 12.6 Å². The van der Waals surface area contributed by atoms with Crippen molar-refractivity contribution in [2.45, 2.75) is 45.7 Å². The van der Waals surface area contributed by atoms with Crippen LogP contribution < -0.4 is 16.6 Å². The minimum atomic E-state index is -0.533. The van der Waals surface area contributed by atoms with Gasteiger partial charge in [-0.05, 0) is 56.9 Å². The molecule has 1 aliphatic rings. The summed E-state index contributed by atoms with van der Waals surface area (Å²) in [6.07, 6.45) is 0.512. The first-order valence-electron chi connectivity index (χ1n) is 10.8. The number of carbonyl (C=O) groups excluding carboxylic acids is 1. The van der Waals surface area contributed by atoms with Crippen molar-refractivity contribution in [2.24, 2.45) is 15.7 Å². The smallest absolute Gasteiger partial charge is 0.277 e. The molecule has 2 aromatic heterocycles. The van der Waals surface area contributed by atoms with Crippen LogP contribution in [0.4, 0.5) is 10.8 Å². The van der Waals surface area contributed by atoms with E-state index >= 15 is 0 Å². The molecule has 2 unspecified atom stereocenters. The Kier molecular flexibility index (Phi) is 8.24. The zero-order valence-electron chi connectivity index (χ0n) is 19.4. The molecule has 2 atom stereocenters. The van der Waals surface area contributed by atoms with Gasteiger partial charge >= 0.3 is 0 Å². The van der Waals surface area contributed by atoms with E-state index in [4.69, 9.17) is 17.3 Å². The van der Waals surface area contributed by atoms with Gasteiger partial charge in [0.2, 0.25) is 0 Å². The Morgan fingerprint density at radius 2 is 2.24 bits per heavy atom. The third kappa shape index (κ3) is 5.37. The number of allylic oxidation sites excluding steroid dienone is 1. The van der Waals surface area contributed by atoms with Crippen molar-refractivity contribution in [3.63, 3.8) is 0 Å². The number of carbonyl (C=O) groups is 1. The third-order valence-corrected chi connectivity index (χ3v) is 6.44. The first-order valence-corrected chi connectivity index (χ1v) is 12.0. The molecule has 0 spiro atoms. The minimum Gasteiger partial charge on any atom is -0.394 e. The number of halogens is 1. The van der Waals surface area contributed by atoms with Gasteiger partial charge in [0.1, 0.15) is 33.4 Å². The average Bonchev–Trinajstić information content (AvgIpc) is 3.31. The number of aromatic nitrogens is 2. The lowest BCUT2D eigenvalue weighted by atomic mass is 10.1. The number of hydrogen-bond acceptors (Lipinski definition) is 8. The number of pyridine rings is 1. The van der Waals surface area contributed by atoms with Crippen LogP contribution in [0.5, 0.6) is 0 Å². The van der Waals surface area contributed by atoms with Gasteiger partial charge in [0.15, 0.2) is 0 Å². The van der Waals surface area contributed by atoms with Crippen LogP contribution in [0.3, 0.4) is 0 Å². The van der Waals surface area contributed by atoms with E-state index in [-0.39, 0.29) is 29.6 Å². The molecule has 3 rings (SSSR count). The van der Waals surface area contributed by atoms with Crippen molar-refractivity contribution in [1.82, 2.24) is 14.3 Å². The quantitative estimate of drug-likeness (QED) is 0.187. The predicted octanol–water partition coefficient (Wildman–Crippen LogP) is 2.83. The molecular weight excluding hydrogens is 478 g/mol. The molecule has 0 saturated carbocycles. The Balaban J connectivity index is 1.89. The van der Waals surface area contributed by atoms with Crippen molar-refractivity contribution < 1.29 is 9.90 Å². The number of aliphatic hydroxyl groups excluding tert-OH is 1. The maximum absolute atomic E-state index is 13.3. The van der Waals surface area contributed by atoms with E-state index in [9.17, 15) is 14.7 Å². The number of hydrogen-bond donors (Lipinski definition) is 4. The molecule has 10 nitrogen and oxygen atoms in total. The molecule has 2 aromatic rings. The number of anilines is 2. The summed E-state index contributed by atoms with van der Waals surface area (Å²) in [6.45, 7) is 7.85. The number of nitrogens with two attached hydrogens (primary N) is 1. The Bertz CT molecular complexity index is 1220. The van der Waals surface area contributed by atoms with Crippen LogP contribution in [0, 0.1) is 0 Å². The lowest BCUT2D eigenvalue weighted by Crippen LogP contribution is -2.32. The van der Waals surface area contributed by atoms with Crippen LogP contribution in [0.25, 0.3) is 0 Å². The lowest BCUT2D eigenvalue weighted by Gasteiger charge is -2.21. The van der Waals surface area contributed by atoms with Crippen LogP contribution in [-0.2, 0) is 0 Å². The molecule has 0 radical (unpaired) electrons. The molecule has 5 N–H and O–H groups in total. The van der Waals surface area contributed by atoms with Crippen LogP contribution in [0.2, 0.25) is 0 Å². The molecule has 0 fully saturated rings. The molecule has 34 heavy (non-hydrogen) atoms. The summed E-state index contributed by atoms with van der Waals surface area (Å²) in [4.78, 5) is 40.1. The zero-order valence-corrected chi connectivity index (χ0v) is 21.0. The highest BCUT2D eigenvalue weighted by Gasteiger charge is 2.34. The summed E-state index contributed by atoms with van der Waals surface area (Å²) < 4.78 is 2.61. The van der Waals surface area contributed by atoms with E-state index in [1.165, 1.54) is 4.90 Å². The van der Waals surface area contributed by atoms with Crippen molar-refractivity contribution in [3.05, 3.63) is 51.1 Å². The zero-order chi connectivity index (χ0) is 25.0. The highest BCUT2D eigenvalue weighted by molar-refractivity contribution is 7.10. The van der Waals surface area contributed by atoms with E-state index in [0.717, 1.165) is 28.5 Å². The van der Waals surface area contributed by atoms with Gasteiger partial charge in [0, 0.05) is 24.4 Å². The van der Waals surface area contributed by atoms with Crippen LogP contribution in [0.1, 0.15) is 50.2 Å². The summed E-state index contributed by atoms with van der Waals surface area (Å²) >= 11 is 7.55. The van der Waals surface area contributed by atoms with Crippen LogP contribution in [-0.4, -0.2) is 61.5 Å². The third-order valence-electron chi connectivity index (χ3n) is 5.29. The second-order valence-corrected chi connectivity index (χ2v) is 9.07. The Morgan fingerprint density at radius 1 is 1.50 bits per heavy atom. The highest BCUT2D eigenvalue weighted by atomic mass is 35.5. The summed E-state index contributed by atoms with van der Waals surface area (Å²) in [5, 5.41) is 12.6. The predicted molar refractivity (Wildman–Crippen MR) is 137 cm³/mol. The van der Waals surface area contributed by atoms with E-state index in [0.29, 0.717) is 23.8 Å². The fourth-order valence-corrected chi connectivity index (χ4v) is 4.75. The minimum absolute atomic E-state index is 0.00163. The number of aromatic amines is 1. The molecule has 3 heterocycles. The van der Waals surface area contributed by atoms with Crippen LogP contribution >= 0.6 is 23.1 Å². The van der Waals surface area contributed by atoms with E-state index < -0.39 is 17.1 Å². The number of nitrogens with zero attached hydrogens (tertiary/aromatic N) is 4. The van der Waals surface area contributed by atoms with Crippen molar-refractivity contribution >= 4 is 51.4 Å². The number of aliphatic hydroxyl groups is 1. The topological polar surface area (TPSA) is 149 Å². The largest absolute Gasteiger partial charge is 0.394 e. The normalized spacial score (nSPS) is 17.9.